The normalized spacial score (nSPS) is 12.6. The van der Waals surface area contributed by atoms with Crippen LogP contribution in [0.5, 0.6) is 0 Å². The maximum atomic E-state index is 11.7. The molecule has 2 rings (SSSR count). The van der Waals surface area contributed by atoms with Crippen molar-refractivity contribution in [3.63, 3.8) is 0 Å². The number of amides is 1. The Hall–Kier alpha value is -1.95. The second-order valence-electron chi connectivity index (χ2n) is 3.86. The number of fused-ring (bicyclic) bond motifs is 1. The van der Waals surface area contributed by atoms with Crippen molar-refractivity contribution in [2.75, 3.05) is 6.61 Å². The number of carbonyl (C=O) groups excluding carboxylic acids is 1. The number of ether oxygens (including phenoxy) is 1. The van der Waals surface area contributed by atoms with Crippen molar-refractivity contribution in [1.82, 2.24) is 19.9 Å². The van der Waals surface area contributed by atoms with E-state index in [0.717, 1.165) is 5.65 Å². The van der Waals surface area contributed by atoms with Gasteiger partial charge in [-0.15, -0.1) is 10.2 Å². The Bertz CT molecular complexity index is 538. The van der Waals surface area contributed by atoms with Crippen LogP contribution in [0.25, 0.3) is 5.65 Å². The van der Waals surface area contributed by atoms with Gasteiger partial charge in [0.15, 0.2) is 11.5 Å². The Kier molecular flexibility index (Phi) is 3.88. The van der Waals surface area contributed by atoms with E-state index < -0.39 is 6.10 Å². The van der Waals surface area contributed by atoms with Crippen LogP contribution in [0, 0.1) is 0 Å². The molecule has 0 saturated heterocycles. The predicted molar refractivity (Wildman–Crippen MR) is 65.9 cm³/mol. The van der Waals surface area contributed by atoms with E-state index in [1.165, 1.54) is 0 Å². The fourth-order valence-electron chi connectivity index (χ4n) is 1.65. The van der Waals surface area contributed by atoms with E-state index in [1.54, 1.807) is 6.92 Å². The molecular weight excluding hydrogens is 232 g/mol. The topological polar surface area (TPSA) is 68.5 Å². The highest BCUT2D eigenvalue weighted by Crippen LogP contribution is 2.02. The van der Waals surface area contributed by atoms with Crippen LogP contribution in [0.2, 0.25) is 0 Å². The maximum absolute atomic E-state index is 11.7. The van der Waals surface area contributed by atoms with Crippen LogP contribution < -0.4 is 5.32 Å². The fourth-order valence-corrected chi connectivity index (χ4v) is 1.65. The van der Waals surface area contributed by atoms with Gasteiger partial charge >= 0.3 is 0 Å². The summed E-state index contributed by atoms with van der Waals surface area (Å²) in [4.78, 5) is 11.7. The second-order valence-corrected chi connectivity index (χ2v) is 3.86. The molecule has 0 fully saturated rings. The van der Waals surface area contributed by atoms with Gasteiger partial charge in [-0.05, 0) is 26.0 Å². The summed E-state index contributed by atoms with van der Waals surface area (Å²) in [6, 6.07) is 5.65. The van der Waals surface area contributed by atoms with Gasteiger partial charge in [0.05, 0.1) is 6.54 Å². The molecule has 2 heterocycles. The van der Waals surface area contributed by atoms with Crippen LogP contribution >= 0.6 is 0 Å². The minimum absolute atomic E-state index is 0.149. The maximum Gasteiger partial charge on any atom is 0.249 e. The number of nitrogens with one attached hydrogen (secondary N) is 1. The second kappa shape index (κ2) is 5.59. The lowest BCUT2D eigenvalue weighted by Crippen LogP contribution is -2.34. The van der Waals surface area contributed by atoms with Gasteiger partial charge < -0.3 is 10.1 Å². The highest BCUT2D eigenvalue weighted by Gasteiger charge is 2.13. The van der Waals surface area contributed by atoms with Gasteiger partial charge in [-0.25, -0.2) is 0 Å². The van der Waals surface area contributed by atoms with Crippen molar-refractivity contribution in [2.24, 2.45) is 0 Å². The van der Waals surface area contributed by atoms with Crippen LogP contribution in [0.15, 0.2) is 24.4 Å². The first-order valence-electron chi connectivity index (χ1n) is 5.90. The molecule has 0 aliphatic heterocycles. The van der Waals surface area contributed by atoms with E-state index in [4.69, 9.17) is 4.74 Å². The standard InChI is InChI=1S/C12H16N4O2/c1-3-18-9(2)12(17)13-8-11-15-14-10-6-4-5-7-16(10)11/h4-7,9H,3,8H2,1-2H3,(H,13,17)/t9-/m1/s1. The molecule has 0 spiro atoms. The molecule has 0 aliphatic carbocycles. The number of carbonyl (C=O) groups is 1. The highest BCUT2D eigenvalue weighted by atomic mass is 16.5. The number of rotatable bonds is 5. The van der Waals surface area contributed by atoms with Gasteiger partial charge in [0, 0.05) is 12.8 Å². The van der Waals surface area contributed by atoms with Crippen LogP contribution in [0.3, 0.4) is 0 Å². The first-order chi connectivity index (χ1) is 8.72. The van der Waals surface area contributed by atoms with Crippen molar-refractivity contribution in [3.8, 4) is 0 Å². The fraction of sp³-hybridized carbons (Fsp3) is 0.417. The molecule has 2 aromatic heterocycles. The molecule has 0 saturated carbocycles. The molecule has 96 valence electrons. The van der Waals surface area contributed by atoms with Crippen LogP contribution in [0.4, 0.5) is 0 Å². The van der Waals surface area contributed by atoms with E-state index in [2.05, 4.69) is 15.5 Å². The lowest BCUT2D eigenvalue weighted by molar-refractivity contribution is -0.131. The highest BCUT2D eigenvalue weighted by molar-refractivity contribution is 5.80. The van der Waals surface area contributed by atoms with Crippen LogP contribution in [0.1, 0.15) is 19.7 Å². The van der Waals surface area contributed by atoms with Crippen molar-refractivity contribution < 1.29 is 9.53 Å². The van der Waals surface area contributed by atoms with Crippen molar-refractivity contribution in [1.29, 1.82) is 0 Å². The number of hydrogen-bond acceptors (Lipinski definition) is 4. The lowest BCUT2D eigenvalue weighted by Gasteiger charge is -2.11. The molecular formula is C12H16N4O2. The molecule has 1 atom stereocenters. The first kappa shape index (κ1) is 12.5. The summed E-state index contributed by atoms with van der Waals surface area (Å²) in [5, 5.41) is 10.8. The van der Waals surface area contributed by atoms with E-state index in [1.807, 2.05) is 35.7 Å². The lowest BCUT2D eigenvalue weighted by atomic mass is 10.3. The van der Waals surface area contributed by atoms with Crippen molar-refractivity contribution in [3.05, 3.63) is 30.2 Å². The largest absolute Gasteiger partial charge is 0.369 e. The van der Waals surface area contributed by atoms with E-state index in [0.29, 0.717) is 19.0 Å². The van der Waals surface area contributed by atoms with Crippen molar-refractivity contribution in [2.45, 2.75) is 26.5 Å². The molecule has 1 N–H and O–H groups in total. The summed E-state index contributed by atoms with van der Waals surface area (Å²) in [6.45, 7) is 4.43. The van der Waals surface area contributed by atoms with Gasteiger partial charge in [-0.3, -0.25) is 9.20 Å². The number of hydrogen-bond donors (Lipinski definition) is 1. The summed E-state index contributed by atoms with van der Waals surface area (Å²) in [7, 11) is 0. The summed E-state index contributed by atoms with van der Waals surface area (Å²) in [6.07, 6.45) is 1.41. The van der Waals surface area contributed by atoms with Gasteiger partial charge in [-0.1, -0.05) is 6.07 Å². The zero-order chi connectivity index (χ0) is 13.0. The Morgan fingerprint density at radius 2 is 2.33 bits per heavy atom. The summed E-state index contributed by atoms with van der Waals surface area (Å²) in [5.41, 5.74) is 0.764. The van der Waals surface area contributed by atoms with E-state index >= 15 is 0 Å². The molecule has 6 nitrogen and oxygen atoms in total. The average molecular weight is 248 g/mol. The monoisotopic (exact) mass is 248 g/mol. The van der Waals surface area contributed by atoms with Crippen molar-refractivity contribution >= 4 is 11.6 Å². The minimum atomic E-state index is -0.450. The summed E-state index contributed by atoms with van der Waals surface area (Å²) < 4.78 is 7.05. The summed E-state index contributed by atoms with van der Waals surface area (Å²) in [5.74, 6) is 0.548. The Morgan fingerprint density at radius 1 is 1.50 bits per heavy atom. The SMILES string of the molecule is CCO[C@H](C)C(=O)NCc1nnc2ccccn12. The molecule has 0 aromatic carbocycles. The third-order valence-corrected chi connectivity index (χ3v) is 2.59. The molecule has 18 heavy (non-hydrogen) atoms. The molecule has 1 amide bonds. The predicted octanol–water partition coefficient (Wildman–Crippen LogP) is 0.770. The number of pyridine rings is 1. The average Bonchev–Trinajstić information content (AvgIpc) is 2.79. The molecule has 6 heteroatoms. The van der Waals surface area contributed by atoms with Gasteiger partial charge in [-0.2, -0.15) is 0 Å². The third-order valence-electron chi connectivity index (χ3n) is 2.59. The molecule has 0 bridgehead atoms. The van der Waals surface area contributed by atoms with Gasteiger partial charge in [0.25, 0.3) is 0 Å². The zero-order valence-electron chi connectivity index (χ0n) is 10.5. The van der Waals surface area contributed by atoms with Gasteiger partial charge in [0.2, 0.25) is 5.91 Å². The summed E-state index contributed by atoms with van der Waals surface area (Å²) >= 11 is 0. The molecule has 0 radical (unpaired) electrons. The zero-order valence-corrected chi connectivity index (χ0v) is 10.5. The smallest absolute Gasteiger partial charge is 0.249 e. The number of nitrogens with zero attached hydrogens (tertiary/aromatic N) is 3. The third kappa shape index (κ3) is 2.65. The van der Waals surface area contributed by atoms with Gasteiger partial charge in [0.1, 0.15) is 6.10 Å². The Morgan fingerprint density at radius 3 is 3.11 bits per heavy atom. The minimum Gasteiger partial charge on any atom is -0.369 e. The Balaban J connectivity index is 2.00. The molecule has 0 unspecified atom stereocenters. The molecule has 0 aliphatic rings. The number of aromatic nitrogens is 3. The Labute approximate surface area is 105 Å². The van der Waals surface area contributed by atoms with Crippen LogP contribution in [-0.4, -0.2) is 33.2 Å². The van der Waals surface area contributed by atoms with E-state index in [9.17, 15) is 4.79 Å². The van der Waals surface area contributed by atoms with Crippen LogP contribution in [-0.2, 0) is 16.1 Å². The first-order valence-corrected chi connectivity index (χ1v) is 5.90. The molecule has 2 aromatic rings. The quantitative estimate of drug-likeness (QED) is 0.848. The van der Waals surface area contributed by atoms with E-state index in [-0.39, 0.29) is 5.91 Å².